The first-order valence-corrected chi connectivity index (χ1v) is 11.1. The molecule has 0 fully saturated rings. The van der Waals surface area contributed by atoms with E-state index < -0.39 is 0 Å². The van der Waals surface area contributed by atoms with Gasteiger partial charge >= 0.3 is 0 Å². The normalized spacial score (nSPS) is 18.4. The standard InChI is InChI=1S/C26H23NOS/c1-3-16(2)17-12-14-18(15-13-17)26-23-24(19-8-4-5-9-20(19)25(23)28)27-21-10-6-7-11-22(21)29-26/h4-16,26-27H,3H2,1-2H3/t16-,26-/m0/s1. The van der Waals surface area contributed by atoms with E-state index in [1.807, 2.05) is 30.3 Å². The van der Waals surface area contributed by atoms with Gasteiger partial charge in [-0.15, -0.1) is 11.8 Å². The fourth-order valence-electron chi connectivity index (χ4n) is 4.15. The van der Waals surface area contributed by atoms with Crippen LogP contribution in [0.5, 0.6) is 0 Å². The monoisotopic (exact) mass is 397 g/mol. The second kappa shape index (κ2) is 7.23. The summed E-state index contributed by atoms with van der Waals surface area (Å²) < 4.78 is 0. The highest BCUT2D eigenvalue weighted by atomic mass is 32.2. The van der Waals surface area contributed by atoms with E-state index in [2.05, 4.69) is 61.6 Å². The molecule has 29 heavy (non-hydrogen) atoms. The van der Waals surface area contributed by atoms with Crippen LogP contribution in [0.3, 0.4) is 0 Å². The topological polar surface area (TPSA) is 29.1 Å². The van der Waals surface area contributed by atoms with Gasteiger partial charge < -0.3 is 5.32 Å². The average Bonchev–Trinajstić information content (AvgIpc) is 2.94. The van der Waals surface area contributed by atoms with E-state index in [1.165, 1.54) is 16.0 Å². The molecule has 1 aliphatic carbocycles. The maximum atomic E-state index is 13.4. The number of rotatable bonds is 3. The van der Waals surface area contributed by atoms with Gasteiger partial charge in [-0.2, -0.15) is 0 Å². The number of carbonyl (C=O) groups excluding carboxylic acids is 1. The number of hydrogen-bond acceptors (Lipinski definition) is 3. The number of benzene rings is 3. The van der Waals surface area contributed by atoms with Crippen LogP contribution in [0.1, 0.15) is 58.5 Å². The molecule has 3 aromatic rings. The number of carbonyl (C=O) groups is 1. The highest BCUT2D eigenvalue weighted by Crippen LogP contribution is 2.52. The molecule has 2 atom stereocenters. The molecule has 0 spiro atoms. The van der Waals surface area contributed by atoms with Crippen LogP contribution in [0.2, 0.25) is 0 Å². The average molecular weight is 398 g/mol. The van der Waals surface area contributed by atoms with Gasteiger partial charge in [0.05, 0.1) is 16.6 Å². The summed E-state index contributed by atoms with van der Waals surface area (Å²) in [5.41, 5.74) is 7.21. The van der Waals surface area contributed by atoms with E-state index in [-0.39, 0.29) is 11.0 Å². The molecule has 0 aromatic heterocycles. The van der Waals surface area contributed by atoms with E-state index in [4.69, 9.17) is 0 Å². The molecule has 144 valence electrons. The van der Waals surface area contributed by atoms with Crippen molar-refractivity contribution in [3.05, 3.63) is 101 Å². The van der Waals surface area contributed by atoms with Gasteiger partial charge in [0.1, 0.15) is 0 Å². The molecule has 0 amide bonds. The van der Waals surface area contributed by atoms with Gasteiger partial charge in [0.25, 0.3) is 0 Å². The lowest BCUT2D eigenvalue weighted by Crippen LogP contribution is -2.07. The molecule has 3 heteroatoms. The summed E-state index contributed by atoms with van der Waals surface area (Å²) in [5, 5.41) is 3.55. The van der Waals surface area contributed by atoms with Crippen LogP contribution in [0.25, 0.3) is 5.70 Å². The summed E-state index contributed by atoms with van der Waals surface area (Å²) in [6, 6.07) is 25.1. The Hall–Kier alpha value is -2.78. The fourth-order valence-corrected chi connectivity index (χ4v) is 5.44. The highest BCUT2D eigenvalue weighted by molar-refractivity contribution is 8.00. The number of nitrogens with one attached hydrogen (secondary N) is 1. The van der Waals surface area contributed by atoms with Gasteiger partial charge in [-0.3, -0.25) is 4.79 Å². The van der Waals surface area contributed by atoms with Gasteiger partial charge in [-0.05, 0) is 35.6 Å². The van der Waals surface area contributed by atoms with Crippen molar-refractivity contribution in [1.29, 1.82) is 0 Å². The van der Waals surface area contributed by atoms with Crippen LogP contribution in [0.15, 0.2) is 83.3 Å². The molecule has 2 aliphatic rings. The first-order valence-electron chi connectivity index (χ1n) is 10.2. The predicted octanol–water partition coefficient (Wildman–Crippen LogP) is 7.07. The van der Waals surface area contributed by atoms with Crippen LogP contribution >= 0.6 is 11.8 Å². The minimum Gasteiger partial charge on any atom is -0.354 e. The minimum absolute atomic E-state index is 0.0352. The number of fused-ring (bicyclic) bond motifs is 3. The van der Waals surface area contributed by atoms with E-state index in [0.29, 0.717) is 5.92 Å². The molecule has 1 N–H and O–H groups in total. The number of Topliss-reactive ketones (excluding diaryl/α,β-unsaturated/α-hetero) is 1. The van der Waals surface area contributed by atoms with Gasteiger partial charge in [0.15, 0.2) is 5.78 Å². The summed E-state index contributed by atoms with van der Waals surface area (Å²) in [6.07, 6.45) is 1.12. The third-order valence-electron chi connectivity index (χ3n) is 6.03. The van der Waals surface area contributed by atoms with E-state index in [0.717, 1.165) is 34.5 Å². The van der Waals surface area contributed by atoms with E-state index in [9.17, 15) is 4.79 Å². The number of anilines is 1. The van der Waals surface area contributed by atoms with Crippen LogP contribution in [-0.2, 0) is 0 Å². The maximum absolute atomic E-state index is 13.4. The van der Waals surface area contributed by atoms with Gasteiger partial charge in [0.2, 0.25) is 0 Å². The van der Waals surface area contributed by atoms with Crippen molar-refractivity contribution in [2.45, 2.75) is 36.3 Å². The lowest BCUT2D eigenvalue weighted by atomic mass is 9.95. The molecule has 0 radical (unpaired) electrons. The minimum atomic E-state index is -0.0352. The maximum Gasteiger partial charge on any atom is 0.193 e. The SMILES string of the molecule is CC[C@H](C)c1ccc([C@@H]2Sc3ccccc3NC3=C2C(=O)c2ccccc23)cc1. The Balaban J connectivity index is 1.66. The third-order valence-corrected chi connectivity index (χ3v) is 7.38. The predicted molar refractivity (Wildman–Crippen MR) is 122 cm³/mol. The number of para-hydroxylation sites is 1. The van der Waals surface area contributed by atoms with Gasteiger partial charge in [-0.25, -0.2) is 0 Å². The number of ketones is 1. The van der Waals surface area contributed by atoms with Gasteiger partial charge in [0, 0.05) is 21.6 Å². The zero-order valence-corrected chi connectivity index (χ0v) is 17.4. The molecule has 0 unspecified atom stereocenters. The van der Waals surface area contributed by atoms with Crippen molar-refractivity contribution < 1.29 is 4.79 Å². The molecule has 0 saturated heterocycles. The van der Waals surface area contributed by atoms with Crippen molar-refractivity contribution >= 4 is 28.9 Å². The molecule has 1 heterocycles. The quantitative estimate of drug-likeness (QED) is 0.512. The lowest BCUT2D eigenvalue weighted by Gasteiger charge is -2.18. The third kappa shape index (κ3) is 3.01. The summed E-state index contributed by atoms with van der Waals surface area (Å²) >= 11 is 1.76. The Morgan fingerprint density at radius 2 is 1.62 bits per heavy atom. The summed E-state index contributed by atoms with van der Waals surface area (Å²) in [7, 11) is 0. The number of hydrogen-bond donors (Lipinski definition) is 1. The first-order chi connectivity index (χ1) is 14.2. The van der Waals surface area contributed by atoms with Crippen molar-refractivity contribution in [3.63, 3.8) is 0 Å². The Kier molecular flexibility index (Phi) is 4.56. The zero-order chi connectivity index (χ0) is 20.0. The largest absolute Gasteiger partial charge is 0.354 e. The van der Waals surface area contributed by atoms with Crippen LogP contribution in [0, 0.1) is 0 Å². The Labute approximate surface area is 176 Å². The smallest absolute Gasteiger partial charge is 0.193 e. The Bertz CT molecular complexity index is 1130. The second-order valence-electron chi connectivity index (χ2n) is 7.76. The van der Waals surface area contributed by atoms with Crippen molar-refractivity contribution in [1.82, 2.24) is 0 Å². The van der Waals surface area contributed by atoms with E-state index >= 15 is 0 Å². The van der Waals surface area contributed by atoms with Crippen LogP contribution < -0.4 is 5.32 Å². The van der Waals surface area contributed by atoms with Crippen molar-refractivity contribution in [3.8, 4) is 0 Å². The first kappa shape index (κ1) is 18.3. The van der Waals surface area contributed by atoms with Gasteiger partial charge in [-0.1, -0.05) is 74.5 Å². The number of thioether (sulfide) groups is 1. The molecule has 0 bridgehead atoms. The Morgan fingerprint density at radius 3 is 2.38 bits per heavy atom. The molecule has 0 saturated carbocycles. The fraction of sp³-hybridized carbons (Fsp3) is 0.192. The summed E-state index contributed by atoms with van der Waals surface area (Å²) in [6.45, 7) is 4.47. The second-order valence-corrected chi connectivity index (χ2v) is 8.91. The molecule has 3 aromatic carbocycles. The molecule has 5 rings (SSSR count). The lowest BCUT2D eigenvalue weighted by molar-refractivity contribution is 0.103. The highest BCUT2D eigenvalue weighted by Gasteiger charge is 2.38. The zero-order valence-electron chi connectivity index (χ0n) is 16.6. The van der Waals surface area contributed by atoms with E-state index in [1.54, 1.807) is 11.8 Å². The van der Waals surface area contributed by atoms with Crippen LogP contribution in [0.4, 0.5) is 5.69 Å². The molecular weight excluding hydrogens is 374 g/mol. The molecular formula is C26H23NOS. The molecule has 2 nitrogen and oxygen atoms in total. The van der Waals surface area contributed by atoms with Crippen LogP contribution in [-0.4, -0.2) is 5.78 Å². The molecule has 1 aliphatic heterocycles. The van der Waals surface area contributed by atoms with Crippen molar-refractivity contribution in [2.75, 3.05) is 5.32 Å². The Morgan fingerprint density at radius 1 is 0.931 bits per heavy atom. The summed E-state index contributed by atoms with van der Waals surface area (Å²) in [4.78, 5) is 14.6. The van der Waals surface area contributed by atoms with Crippen molar-refractivity contribution in [2.24, 2.45) is 0 Å². The summed E-state index contributed by atoms with van der Waals surface area (Å²) in [5.74, 6) is 0.680.